The van der Waals surface area contributed by atoms with Gasteiger partial charge in [-0.25, -0.2) is 4.72 Å². The second-order valence-corrected chi connectivity index (χ2v) is 8.42. The van der Waals surface area contributed by atoms with Crippen LogP contribution in [0.3, 0.4) is 0 Å². The van der Waals surface area contributed by atoms with Crippen molar-refractivity contribution < 1.29 is 8.42 Å². The molecule has 0 aromatic carbocycles. The zero-order valence-electron chi connectivity index (χ0n) is 11.6. The molecule has 2 saturated heterocycles. The van der Waals surface area contributed by atoms with Crippen LogP contribution in [-0.2, 0) is 10.2 Å². The zero-order chi connectivity index (χ0) is 13.7. The van der Waals surface area contributed by atoms with Crippen molar-refractivity contribution in [2.45, 2.75) is 43.4 Å². The quantitative estimate of drug-likeness (QED) is 0.762. The molecule has 0 radical (unpaired) electrons. The number of likely N-dealkylation sites (N-methyl/N-ethyl adjacent to an activating group) is 1. The summed E-state index contributed by atoms with van der Waals surface area (Å²) in [6.07, 6.45) is 5.40. The lowest BCUT2D eigenvalue weighted by Gasteiger charge is -2.34. The van der Waals surface area contributed by atoms with Crippen LogP contribution in [0.4, 0.5) is 0 Å². The van der Waals surface area contributed by atoms with E-state index in [1.165, 1.54) is 12.2 Å². The Morgan fingerprint density at radius 1 is 1.21 bits per heavy atom. The van der Waals surface area contributed by atoms with Gasteiger partial charge in [0.25, 0.3) is 10.2 Å². The average Bonchev–Trinajstić information content (AvgIpc) is 2.91. The van der Waals surface area contributed by atoms with Gasteiger partial charge in [0.2, 0.25) is 0 Å². The molecule has 7 heteroatoms. The fraction of sp³-hybridized carbons (Fsp3) is 1.00. The van der Waals surface area contributed by atoms with Crippen molar-refractivity contribution in [1.29, 1.82) is 0 Å². The van der Waals surface area contributed by atoms with Gasteiger partial charge in [0, 0.05) is 30.9 Å². The highest BCUT2D eigenvalue weighted by atomic mass is 32.2. The van der Waals surface area contributed by atoms with Gasteiger partial charge in [0.1, 0.15) is 0 Å². The molecular weight excluding hydrogens is 282 g/mol. The van der Waals surface area contributed by atoms with Crippen LogP contribution in [0.15, 0.2) is 0 Å². The van der Waals surface area contributed by atoms with Gasteiger partial charge in [-0.15, -0.1) is 0 Å². The van der Waals surface area contributed by atoms with Crippen LogP contribution in [0.1, 0.15) is 32.1 Å². The molecule has 2 aliphatic heterocycles. The number of hydrogen-bond acceptors (Lipinski definition) is 4. The Hall–Kier alpha value is 0.180. The molecule has 2 heterocycles. The van der Waals surface area contributed by atoms with Crippen molar-refractivity contribution in [1.82, 2.24) is 14.3 Å². The summed E-state index contributed by atoms with van der Waals surface area (Å²) in [6.45, 7) is 1.97. The van der Waals surface area contributed by atoms with E-state index in [4.69, 9.17) is 0 Å². The molecule has 0 aromatic rings. The van der Waals surface area contributed by atoms with Crippen molar-refractivity contribution in [2.24, 2.45) is 0 Å². The van der Waals surface area contributed by atoms with Gasteiger partial charge < -0.3 is 5.32 Å². The Morgan fingerprint density at radius 2 is 2.05 bits per heavy atom. The summed E-state index contributed by atoms with van der Waals surface area (Å²) < 4.78 is 29.3. The van der Waals surface area contributed by atoms with Gasteiger partial charge in [-0.3, -0.25) is 0 Å². The Morgan fingerprint density at radius 3 is 2.74 bits per heavy atom. The highest BCUT2D eigenvalue weighted by Gasteiger charge is 2.32. The van der Waals surface area contributed by atoms with Crippen LogP contribution in [0.2, 0.25) is 0 Å². The number of thioether (sulfide) groups is 1. The van der Waals surface area contributed by atoms with Crippen LogP contribution in [0, 0.1) is 0 Å². The van der Waals surface area contributed by atoms with E-state index in [-0.39, 0.29) is 6.04 Å². The second-order valence-electron chi connectivity index (χ2n) is 5.31. The van der Waals surface area contributed by atoms with Crippen molar-refractivity contribution in [3.05, 3.63) is 0 Å². The standard InChI is InChI=1S/C12H25N3O2S2/c1-13-9-11-5-2-3-7-15(11)19(16,17)14-10-12-6-4-8-18-12/h11-14H,2-10H2,1H3. The average molecular weight is 307 g/mol. The van der Waals surface area contributed by atoms with Gasteiger partial charge in [-0.1, -0.05) is 6.42 Å². The third kappa shape index (κ3) is 4.32. The number of nitrogens with zero attached hydrogens (tertiary/aromatic N) is 1. The lowest BCUT2D eigenvalue weighted by molar-refractivity contribution is 0.246. The van der Waals surface area contributed by atoms with Crippen molar-refractivity contribution >= 4 is 22.0 Å². The minimum atomic E-state index is -3.31. The van der Waals surface area contributed by atoms with E-state index in [9.17, 15) is 8.42 Å². The third-order valence-electron chi connectivity index (χ3n) is 3.84. The van der Waals surface area contributed by atoms with Gasteiger partial charge in [-0.05, 0) is 38.5 Å². The van der Waals surface area contributed by atoms with Crippen LogP contribution in [0.5, 0.6) is 0 Å². The summed E-state index contributed by atoms with van der Waals surface area (Å²) in [5.41, 5.74) is 0. The molecule has 0 spiro atoms. The lowest BCUT2D eigenvalue weighted by Crippen LogP contribution is -2.52. The fourth-order valence-electron chi connectivity index (χ4n) is 2.82. The third-order valence-corrected chi connectivity index (χ3v) is 6.87. The van der Waals surface area contributed by atoms with E-state index in [1.54, 1.807) is 4.31 Å². The molecule has 0 aliphatic carbocycles. The molecule has 0 amide bonds. The molecule has 19 heavy (non-hydrogen) atoms. The molecule has 0 saturated carbocycles. The van der Waals surface area contributed by atoms with Gasteiger partial charge >= 0.3 is 0 Å². The van der Waals surface area contributed by atoms with Gasteiger partial charge in [0.05, 0.1) is 0 Å². The van der Waals surface area contributed by atoms with Gasteiger partial charge in [0.15, 0.2) is 0 Å². The molecule has 112 valence electrons. The highest BCUT2D eigenvalue weighted by molar-refractivity contribution is 8.00. The van der Waals surface area contributed by atoms with E-state index in [0.717, 1.165) is 32.2 Å². The van der Waals surface area contributed by atoms with E-state index >= 15 is 0 Å². The molecule has 2 N–H and O–H groups in total. The zero-order valence-corrected chi connectivity index (χ0v) is 13.2. The maximum absolute atomic E-state index is 12.4. The Labute approximate surface area is 121 Å². The predicted molar refractivity (Wildman–Crippen MR) is 80.7 cm³/mol. The molecule has 2 unspecified atom stereocenters. The van der Waals surface area contributed by atoms with E-state index in [2.05, 4.69) is 10.0 Å². The Balaban J connectivity index is 1.91. The Bertz CT molecular complexity index is 367. The molecule has 2 aliphatic rings. The minimum absolute atomic E-state index is 0.104. The first-order valence-corrected chi connectivity index (χ1v) is 9.65. The summed E-state index contributed by atoms with van der Waals surface area (Å²) in [5.74, 6) is 1.17. The van der Waals surface area contributed by atoms with E-state index in [0.29, 0.717) is 18.3 Å². The number of rotatable bonds is 6. The smallest absolute Gasteiger partial charge is 0.279 e. The maximum atomic E-state index is 12.4. The number of hydrogen-bond donors (Lipinski definition) is 2. The molecule has 0 aromatic heterocycles. The first-order chi connectivity index (χ1) is 9.13. The summed E-state index contributed by atoms with van der Waals surface area (Å²) in [4.78, 5) is 0. The fourth-order valence-corrected chi connectivity index (χ4v) is 5.64. The predicted octanol–water partition coefficient (Wildman–Crippen LogP) is 0.790. The molecule has 2 atom stereocenters. The van der Waals surface area contributed by atoms with Crippen molar-refractivity contribution in [3.8, 4) is 0 Å². The lowest BCUT2D eigenvalue weighted by atomic mass is 10.1. The van der Waals surface area contributed by atoms with Crippen molar-refractivity contribution in [3.63, 3.8) is 0 Å². The monoisotopic (exact) mass is 307 g/mol. The molecule has 2 fully saturated rings. The minimum Gasteiger partial charge on any atom is -0.318 e. The first-order valence-electron chi connectivity index (χ1n) is 7.16. The number of nitrogens with one attached hydrogen (secondary N) is 2. The molecule has 0 bridgehead atoms. The van der Waals surface area contributed by atoms with Crippen LogP contribution in [0.25, 0.3) is 0 Å². The summed E-state index contributed by atoms with van der Waals surface area (Å²) in [5, 5.41) is 3.56. The molecular formula is C12H25N3O2S2. The van der Waals surface area contributed by atoms with E-state index in [1.807, 2.05) is 18.8 Å². The first kappa shape index (κ1) is 15.6. The van der Waals surface area contributed by atoms with Crippen LogP contribution < -0.4 is 10.0 Å². The van der Waals surface area contributed by atoms with Crippen LogP contribution in [-0.4, -0.2) is 56.4 Å². The SMILES string of the molecule is CNCC1CCCCN1S(=O)(=O)NCC1CCCS1. The maximum Gasteiger partial charge on any atom is 0.279 e. The number of piperidine rings is 1. The van der Waals surface area contributed by atoms with Gasteiger partial charge in [-0.2, -0.15) is 24.5 Å². The summed E-state index contributed by atoms with van der Waals surface area (Å²) >= 11 is 1.88. The normalized spacial score (nSPS) is 29.7. The van der Waals surface area contributed by atoms with Crippen LogP contribution >= 0.6 is 11.8 Å². The Kier molecular flexibility index (Phi) is 5.95. The summed E-state index contributed by atoms with van der Waals surface area (Å²) in [6, 6.07) is 0.104. The summed E-state index contributed by atoms with van der Waals surface area (Å²) in [7, 11) is -1.44. The highest BCUT2D eigenvalue weighted by Crippen LogP contribution is 2.26. The molecule has 2 rings (SSSR count). The second kappa shape index (κ2) is 7.26. The van der Waals surface area contributed by atoms with E-state index < -0.39 is 10.2 Å². The van der Waals surface area contributed by atoms with Crippen molar-refractivity contribution in [2.75, 3.05) is 32.4 Å². The molecule has 5 nitrogen and oxygen atoms in total. The topological polar surface area (TPSA) is 61.4 Å². The largest absolute Gasteiger partial charge is 0.318 e.